The summed E-state index contributed by atoms with van der Waals surface area (Å²) in [6.07, 6.45) is 4.06. The second-order valence-corrected chi connectivity index (χ2v) is 7.63. The quantitative estimate of drug-likeness (QED) is 0.808. The Morgan fingerprint density at radius 2 is 1.82 bits per heavy atom. The van der Waals surface area contributed by atoms with Crippen molar-refractivity contribution in [2.75, 3.05) is 46.0 Å². The van der Waals surface area contributed by atoms with Gasteiger partial charge >= 0.3 is 0 Å². The van der Waals surface area contributed by atoms with Gasteiger partial charge in [0.25, 0.3) is 0 Å². The molecule has 1 spiro atoms. The molecule has 2 fully saturated rings. The van der Waals surface area contributed by atoms with Gasteiger partial charge in [0.2, 0.25) is 5.91 Å². The number of rotatable bonds is 4. The Morgan fingerprint density at radius 3 is 2.64 bits per heavy atom. The molecule has 1 unspecified atom stereocenters. The smallest absolute Gasteiger partial charge is 0.227 e. The van der Waals surface area contributed by atoms with Crippen LogP contribution in [0.15, 0.2) is 54.9 Å². The Morgan fingerprint density at radius 1 is 1.00 bits per heavy atom. The third kappa shape index (κ3) is 4.76. The molecule has 2 aromatic rings. The number of nitrogens with zero attached hydrogens (tertiary/aromatic N) is 3. The number of aromatic nitrogens is 1. The maximum Gasteiger partial charge on any atom is 0.227 e. The normalized spacial score (nSPS) is 23.5. The molecule has 148 valence electrons. The topological polar surface area (TPSA) is 54.9 Å². The van der Waals surface area contributed by atoms with Crippen LogP contribution in [-0.2, 0) is 27.2 Å². The average Bonchev–Trinajstić information content (AvgIpc) is 2.92. The maximum absolute atomic E-state index is 12.9. The van der Waals surface area contributed by atoms with Crippen LogP contribution < -0.4 is 0 Å². The van der Waals surface area contributed by atoms with Crippen LogP contribution in [-0.4, -0.2) is 72.3 Å². The second kappa shape index (κ2) is 8.82. The van der Waals surface area contributed by atoms with Gasteiger partial charge in [-0.15, -0.1) is 0 Å². The van der Waals surface area contributed by atoms with Gasteiger partial charge in [-0.2, -0.15) is 0 Å². The Kier molecular flexibility index (Phi) is 6.00. The molecule has 1 atom stereocenters. The zero-order valence-corrected chi connectivity index (χ0v) is 16.1. The molecule has 2 aliphatic heterocycles. The van der Waals surface area contributed by atoms with Crippen molar-refractivity contribution < 1.29 is 14.3 Å². The van der Waals surface area contributed by atoms with Gasteiger partial charge in [0.1, 0.15) is 5.60 Å². The predicted molar refractivity (Wildman–Crippen MR) is 106 cm³/mol. The number of hydrogen-bond acceptors (Lipinski definition) is 5. The van der Waals surface area contributed by atoms with Gasteiger partial charge in [0.05, 0.1) is 32.8 Å². The number of pyridine rings is 1. The van der Waals surface area contributed by atoms with Gasteiger partial charge in [-0.05, 0) is 23.3 Å². The third-order valence-corrected chi connectivity index (χ3v) is 5.38. The monoisotopic (exact) mass is 381 g/mol. The molecule has 0 aliphatic carbocycles. The molecule has 1 amide bonds. The Balaban J connectivity index is 1.43. The number of morpholine rings is 1. The highest BCUT2D eigenvalue weighted by Gasteiger charge is 2.41. The van der Waals surface area contributed by atoms with Crippen LogP contribution in [0.25, 0.3) is 0 Å². The number of ether oxygens (including phenoxy) is 2. The molecular weight excluding hydrogens is 354 g/mol. The van der Waals surface area contributed by atoms with Crippen molar-refractivity contribution in [3.63, 3.8) is 0 Å². The van der Waals surface area contributed by atoms with Crippen LogP contribution in [0.3, 0.4) is 0 Å². The molecule has 28 heavy (non-hydrogen) atoms. The molecule has 0 radical (unpaired) electrons. The summed E-state index contributed by atoms with van der Waals surface area (Å²) in [5.74, 6) is 0.130. The second-order valence-electron chi connectivity index (χ2n) is 7.63. The van der Waals surface area contributed by atoms with Gasteiger partial charge < -0.3 is 14.4 Å². The first-order valence-corrected chi connectivity index (χ1v) is 9.87. The van der Waals surface area contributed by atoms with Crippen LogP contribution in [0.4, 0.5) is 0 Å². The highest BCUT2D eigenvalue weighted by Crippen LogP contribution is 2.24. The summed E-state index contributed by atoms with van der Waals surface area (Å²) in [7, 11) is 0. The zero-order chi connectivity index (χ0) is 19.2. The van der Waals surface area contributed by atoms with E-state index in [0.29, 0.717) is 39.3 Å². The number of hydrogen-bond donors (Lipinski definition) is 0. The summed E-state index contributed by atoms with van der Waals surface area (Å²) in [6.45, 7) is 5.39. The van der Waals surface area contributed by atoms with E-state index in [4.69, 9.17) is 9.47 Å². The average molecular weight is 381 g/mol. The first-order valence-electron chi connectivity index (χ1n) is 9.87. The Hall–Kier alpha value is -2.28. The number of amides is 1. The van der Waals surface area contributed by atoms with Crippen LogP contribution in [0.1, 0.15) is 11.1 Å². The van der Waals surface area contributed by atoms with E-state index < -0.39 is 5.60 Å². The van der Waals surface area contributed by atoms with Crippen LogP contribution in [0.2, 0.25) is 0 Å². The minimum atomic E-state index is -0.464. The van der Waals surface area contributed by atoms with E-state index in [1.54, 1.807) is 0 Å². The molecule has 4 rings (SSSR count). The summed E-state index contributed by atoms with van der Waals surface area (Å²) in [4.78, 5) is 21.3. The van der Waals surface area contributed by atoms with Crippen molar-refractivity contribution in [2.45, 2.75) is 18.6 Å². The highest BCUT2D eigenvalue weighted by atomic mass is 16.5. The fraction of sp³-hybridized carbons (Fsp3) is 0.455. The summed E-state index contributed by atoms with van der Waals surface area (Å²) in [5.41, 5.74) is 1.81. The molecule has 6 heteroatoms. The fourth-order valence-electron chi connectivity index (χ4n) is 3.99. The van der Waals surface area contributed by atoms with E-state index in [0.717, 1.165) is 25.2 Å². The van der Waals surface area contributed by atoms with E-state index in [1.807, 2.05) is 59.8 Å². The molecule has 0 N–H and O–H groups in total. The van der Waals surface area contributed by atoms with Crippen molar-refractivity contribution in [3.05, 3.63) is 66.0 Å². The van der Waals surface area contributed by atoms with Gasteiger partial charge in [0.15, 0.2) is 0 Å². The largest absolute Gasteiger partial charge is 0.376 e. The molecule has 6 nitrogen and oxygen atoms in total. The van der Waals surface area contributed by atoms with E-state index in [2.05, 4.69) is 9.88 Å². The lowest BCUT2D eigenvalue weighted by molar-refractivity contribution is -0.152. The van der Waals surface area contributed by atoms with E-state index in [-0.39, 0.29) is 5.91 Å². The first-order chi connectivity index (χ1) is 13.7. The molecule has 2 saturated heterocycles. The Labute approximate surface area is 166 Å². The van der Waals surface area contributed by atoms with Gasteiger partial charge in [0, 0.05) is 38.6 Å². The van der Waals surface area contributed by atoms with E-state index in [9.17, 15) is 4.79 Å². The molecule has 3 heterocycles. The zero-order valence-electron chi connectivity index (χ0n) is 16.1. The maximum atomic E-state index is 12.9. The minimum absolute atomic E-state index is 0.130. The van der Waals surface area contributed by atoms with Crippen LogP contribution in [0, 0.1) is 0 Å². The molecule has 1 aromatic heterocycles. The molecule has 0 saturated carbocycles. The summed E-state index contributed by atoms with van der Waals surface area (Å²) in [6, 6.07) is 14.0. The molecule has 1 aromatic carbocycles. The van der Waals surface area contributed by atoms with Gasteiger partial charge in [-0.1, -0.05) is 30.3 Å². The van der Waals surface area contributed by atoms with Crippen molar-refractivity contribution in [3.8, 4) is 0 Å². The summed E-state index contributed by atoms with van der Waals surface area (Å²) in [5, 5.41) is 0. The number of benzene rings is 1. The fourth-order valence-corrected chi connectivity index (χ4v) is 3.99. The molecule has 0 bridgehead atoms. The van der Waals surface area contributed by atoms with Crippen LogP contribution in [0.5, 0.6) is 0 Å². The predicted octanol–water partition coefficient (Wildman–Crippen LogP) is 1.75. The molecule has 2 aliphatic rings. The summed E-state index contributed by atoms with van der Waals surface area (Å²) >= 11 is 0. The first kappa shape index (κ1) is 19.1. The van der Waals surface area contributed by atoms with Crippen molar-refractivity contribution in [1.82, 2.24) is 14.8 Å². The van der Waals surface area contributed by atoms with Crippen molar-refractivity contribution >= 4 is 5.91 Å². The third-order valence-electron chi connectivity index (χ3n) is 5.38. The summed E-state index contributed by atoms with van der Waals surface area (Å²) < 4.78 is 12.1. The van der Waals surface area contributed by atoms with Crippen LogP contribution >= 0.6 is 0 Å². The standard InChI is InChI=1S/C22H27N3O3/c26-21(14-19-4-2-1-3-5-19)25-11-12-27-18-22(17-25)16-24(10-13-28-22)15-20-6-8-23-9-7-20/h1-9H,10-18H2. The van der Waals surface area contributed by atoms with E-state index in [1.165, 1.54) is 5.56 Å². The van der Waals surface area contributed by atoms with Crippen molar-refractivity contribution in [2.24, 2.45) is 0 Å². The lowest BCUT2D eigenvalue weighted by Gasteiger charge is -2.43. The van der Waals surface area contributed by atoms with Crippen molar-refractivity contribution in [1.29, 1.82) is 0 Å². The molecular formula is C22H27N3O3. The Bertz CT molecular complexity index is 771. The lowest BCUT2D eigenvalue weighted by Crippen LogP contribution is -2.59. The number of carbonyl (C=O) groups is 1. The minimum Gasteiger partial charge on any atom is -0.376 e. The highest BCUT2D eigenvalue weighted by molar-refractivity contribution is 5.78. The lowest BCUT2D eigenvalue weighted by atomic mass is 10.0. The SMILES string of the molecule is O=C(Cc1ccccc1)N1CCOCC2(CN(Cc3ccncc3)CCO2)C1. The van der Waals surface area contributed by atoms with Gasteiger partial charge in [-0.3, -0.25) is 14.7 Å². The van der Waals surface area contributed by atoms with Gasteiger partial charge in [-0.25, -0.2) is 0 Å². The van der Waals surface area contributed by atoms with E-state index >= 15 is 0 Å². The number of carbonyl (C=O) groups excluding carboxylic acids is 1.